The first-order valence-corrected chi connectivity index (χ1v) is 9.97. The van der Waals surface area contributed by atoms with Crippen molar-refractivity contribution < 1.29 is 0 Å². The second-order valence-corrected chi connectivity index (χ2v) is 7.53. The zero-order chi connectivity index (χ0) is 18.6. The average molecular weight is 378 g/mol. The summed E-state index contributed by atoms with van der Waals surface area (Å²) < 4.78 is 0. The fourth-order valence-electron chi connectivity index (χ4n) is 4.16. The van der Waals surface area contributed by atoms with Crippen LogP contribution in [-0.2, 0) is 6.42 Å². The summed E-state index contributed by atoms with van der Waals surface area (Å²) in [6, 6.07) is 14.8. The highest BCUT2D eigenvalue weighted by Gasteiger charge is 2.23. The highest BCUT2D eigenvalue weighted by molar-refractivity contribution is 6.32. The number of nitrogens with one attached hydrogen (secondary N) is 1. The van der Waals surface area contributed by atoms with Crippen LogP contribution in [0, 0.1) is 5.41 Å². The van der Waals surface area contributed by atoms with Crippen molar-refractivity contribution in [2.24, 2.45) is 4.99 Å². The second kappa shape index (κ2) is 8.10. The van der Waals surface area contributed by atoms with Crippen molar-refractivity contribution in [1.82, 2.24) is 4.90 Å². The molecule has 3 nitrogen and oxygen atoms in total. The predicted octanol–water partition coefficient (Wildman–Crippen LogP) is 5.19. The van der Waals surface area contributed by atoms with Gasteiger partial charge in [-0.1, -0.05) is 60.2 Å². The quantitative estimate of drug-likeness (QED) is 0.691. The molecular formula is C23H24ClN3. The van der Waals surface area contributed by atoms with Gasteiger partial charge in [0.2, 0.25) is 0 Å². The van der Waals surface area contributed by atoms with E-state index in [1.165, 1.54) is 22.9 Å². The van der Waals surface area contributed by atoms with Gasteiger partial charge in [0.25, 0.3) is 0 Å². The van der Waals surface area contributed by atoms with E-state index in [-0.39, 0.29) is 0 Å². The van der Waals surface area contributed by atoms with Gasteiger partial charge in [-0.15, -0.1) is 0 Å². The molecule has 4 heteroatoms. The number of aliphatic imine (C=N–C) groups is 1. The fraction of sp³-hybridized carbons (Fsp3) is 0.304. The van der Waals surface area contributed by atoms with Crippen molar-refractivity contribution >= 4 is 29.7 Å². The molecule has 0 saturated carbocycles. The summed E-state index contributed by atoms with van der Waals surface area (Å²) in [6.07, 6.45) is 9.03. The maximum atomic E-state index is 7.45. The van der Waals surface area contributed by atoms with Crippen LogP contribution in [-0.4, -0.2) is 36.6 Å². The van der Waals surface area contributed by atoms with E-state index >= 15 is 0 Å². The van der Waals surface area contributed by atoms with E-state index in [1.54, 1.807) is 0 Å². The van der Waals surface area contributed by atoms with E-state index in [9.17, 15) is 0 Å². The highest BCUT2D eigenvalue weighted by Crippen LogP contribution is 2.34. The first kappa shape index (κ1) is 18.0. The number of rotatable bonds is 6. The van der Waals surface area contributed by atoms with E-state index < -0.39 is 0 Å². The number of nitrogens with zero attached hydrogens (tertiary/aromatic N) is 2. The lowest BCUT2D eigenvalue weighted by atomic mass is 9.83. The van der Waals surface area contributed by atoms with Crippen LogP contribution >= 0.6 is 11.6 Å². The summed E-state index contributed by atoms with van der Waals surface area (Å²) in [6.45, 7) is 2.26. The lowest BCUT2D eigenvalue weighted by Crippen LogP contribution is -2.30. The van der Waals surface area contributed by atoms with Crippen LogP contribution < -0.4 is 0 Å². The fourth-order valence-corrected chi connectivity index (χ4v) is 4.43. The van der Waals surface area contributed by atoms with E-state index in [2.05, 4.69) is 47.4 Å². The van der Waals surface area contributed by atoms with Gasteiger partial charge in [0, 0.05) is 23.3 Å². The molecule has 0 amide bonds. The Labute approximate surface area is 165 Å². The van der Waals surface area contributed by atoms with Gasteiger partial charge >= 0.3 is 0 Å². The Hall–Kier alpha value is -2.39. The van der Waals surface area contributed by atoms with E-state index in [0.29, 0.717) is 12.5 Å². The van der Waals surface area contributed by atoms with Crippen LogP contribution in [0.5, 0.6) is 0 Å². The summed E-state index contributed by atoms with van der Waals surface area (Å²) in [7, 11) is 0. The monoisotopic (exact) mass is 377 g/mol. The molecule has 2 aliphatic rings. The third-order valence-electron chi connectivity index (χ3n) is 5.50. The van der Waals surface area contributed by atoms with Crippen molar-refractivity contribution in [1.29, 1.82) is 5.41 Å². The SMILES string of the molecule is N=CCN1CCN=C1c1cccc(Cl)c1CCC1CC=Cc2ccccc21. The zero-order valence-corrected chi connectivity index (χ0v) is 16.1. The molecule has 1 unspecified atom stereocenters. The Kier molecular flexibility index (Phi) is 5.40. The number of hydrogen-bond donors (Lipinski definition) is 1. The Morgan fingerprint density at radius 3 is 2.96 bits per heavy atom. The molecule has 1 heterocycles. The zero-order valence-electron chi connectivity index (χ0n) is 15.4. The molecular weight excluding hydrogens is 354 g/mol. The van der Waals surface area contributed by atoms with E-state index in [0.717, 1.165) is 48.8 Å². The largest absolute Gasteiger partial charge is 0.349 e. The molecule has 138 valence electrons. The number of hydrogen-bond acceptors (Lipinski definition) is 3. The van der Waals surface area contributed by atoms with Crippen LogP contribution in [0.3, 0.4) is 0 Å². The second-order valence-electron chi connectivity index (χ2n) is 7.12. The maximum Gasteiger partial charge on any atom is 0.131 e. The van der Waals surface area contributed by atoms with Crippen LogP contribution in [0.15, 0.2) is 53.5 Å². The molecule has 2 aromatic carbocycles. The number of fused-ring (bicyclic) bond motifs is 1. The van der Waals surface area contributed by atoms with Crippen LogP contribution in [0.4, 0.5) is 0 Å². The van der Waals surface area contributed by atoms with Gasteiger partial charge in [0.05, 0.1) is 13.1 Å². The first-order valence-electron chi connectivity index (χ1n) is 9.59. The maximum absolute atomic E-state index is 7.45. The minimum atomic E-state index is 0.526. The number of benzene rings is 2. The normalized spacial score (nSPS) is 18.3. The number of amidine groups is 1. The lowest BCUT2D eigenvalue weighted by molar-refractivity contribution is 0.523. The minimum Gasteiger partial charge on any atom is -0.349 e. The molecule has 0 fully saturated rings. The molecule has 1 aliphatic carbocycles. The summed E-state index contributed by atoms with van der Waals surface area (Å²) in [5.41, 5.74) is 5.09. The van der Waals surface area contributed by atoms with Crippen LogP contribution in [0.25, 0.3) is 6.08 Å². The smallest absolute Gasteiger partial charge is 0.131 e. The summed E-state index contributed by atoms with van der Waals surface area (Å²) in [5, 5.41) is 8.26. The highest BCUT2D eigenvalue weighted by atomic mass is 35.5. The third kappa shape index (κ3) is 3.70. The first-order chi connectivity index (χ1) is 13.3. The minimum absolute atomic E-state index is 0.526. The van der Waals surface area contributed by atoms with Gasteiger partial charge in [-0.25, -0.2) is 0 Å². The molecule has 1 N–H and O–H groups in total. The van der Waals surface area contributed by atoms with Gasteiger partial charge < -0.3 is 10.3 Å². The van der Waals surface area contributed by atoms with Crippen molar-refractivity contribution in [3.05, 3.63) is 75.8 Å². The van der Waals surface area contributed by atoms with Gasteiger partial charge in [-0.05, 0) is 47.9 Å². The van der Waals surface area contributed by atoms with Crippen molar-refractivity contribution in [2.45, 2.75) is 25.2 Å². The van der Waals surface area contributed by atoms with Gasteiger partial charge in [-0.2, -0.15) is 0 Å². The van der Waals surface area contributed by atoms with Crippen molar-refractivity contribution in [2.75, 3.05) is 19.6 Å². The van der Waals surface area contributed by atoms with Crippen molar-refractivity contribution in [3.8, 4) is 0 Å². The van der Waals surface area contributed by atoms with Gasteiger partial charge in [0.1, 0.15) is 5.84 Å². The van der Waals surface area contributed by atoms with Gasteiger partial charge in [0.15, 0.2) is 0 Å². The summed E-state index contributed by atoms with van der Waals surface area (Å²) in [4.78, 5) is 6.88. The Morgan fingerprint density at radius 2 is 2.07 bits per heavy atom. The Morgan fingerprint density at radius 1 is 1.19 bits per heavy atom. The Balaban J connectivity index is 1.58. The standard InChI is InChI=1S/C23H24ClN3/c24-22-10-4-9-21(23-26-14-16-27(23)15-13-25)20(22)12-11-18-7-3-6-17-5-1-2-8-19(17)18/h1-6,8-10,13,18,25H,7,11-12,14-16H2. The molecule has 0 aromatic heterocycles. The molecule has 0 radical (unpaired) electrons. The summed E-state index contributed by atoms with van der Waals surface area (Å²) in [5.74, 6) is 1.51. The molecule has 1 aliphatic heterocycles. The average Bonchev–Trinajstić information content (AvgIpc) is 3.15. The number of allylic oxidation sites excluding steroid dienone is 1. The molecule has 0 bridgehead atoms. The summed E-state index contributed by atoms with van der Waals surface area (Å²) >= 11 is 6.62. The van der Waals surface area contributed by atoms with E-state index in [1.807, 2.05) is 12.1 Å². The topological polar surface area (TPSA) is 39.5 Å². The molecule has 1 atom stereocenters. The Bertz CT molecular complexity index is 900. The molecule has 0 spiro atoms. The molecule has 2 aromatic rings. The molecule has 0 saturated heterocycles. The lowest BCUT2D eigenvalue weighted by Gasteiger charge is -2.24. The van der Waals surface area contributed by atoms with Crippen molar-refractivity contribution in [3.63, 3.8) is 0 Å². The molecule has 4 rings (SSSR count). The predicted molar refractivity (Wildman–Crippen MR) is 114 cm³/mol. The third-order valence-corrected chi connectivity index (χ3v) is 5.85. The van der Waals surface area contributed by atoms with Crippen LogP contribution in [0.2, 0.25) is 5.02 Å². The van der Waals surface area contributed by atoms with Gasteiger partial charge in [-0.3, -0.25) is 4.99 Å². The molecule has 27 heavy (non-hydrogen) atoms. The van der Waals surface area contributed by atoms with E-state index in [4.69, 9.17) is 22.0 Å². The number of halogens is 1. The van der Waals surface area contributed by atoms with Crippen LogP contribution in [0.1, 0.15) is 41.0 Å².